The summed E-state index contributed by atoms with van der Waals surface area (Å²) in [7, 11) is 0. The fourth-order valence-corrected chi connectivity index (χ4v) is 3.02. The Bertz CT molecular complexity index is 275. The lowest BCUT2D eigenvalue weighted by Gasteiger charge is -2.29. The predicted octanol–water partition coefficient (Wildman–Crippen LogP) is 1.86. The number of rotatable bonds is 1. The largest absolute Gasteiger partial charge is 0.340 e. The van der Waals surface area contributed by atoms with Crippen molar-refractivity contribution in [2.24, 2.45) is 0 Å². The zero-order chi connectivity index (χ0) is 11.8. The second kappa shape index (κ2) is 4.65. The van der Waals surface area contributed by atoms with Crippen LogP contribution in [0.5, 0.6) is 0 Å². The zero-order valence-corrected chi connectivity index (χ0v) is 11.8. The minimum Gasteiger partial charge on any atom is -0.340 e. The van der Waals surface area contributed by atoms with Crippen molar-refractivity contribution in [1.82, 2.24) is 9.80 Å². The van der Waals surface area contributed by atoms with Crippen LogP contribution in [-0.4, -0.2) is 52.3 Å². The first-order chi connectivity index (χ1) is 7.48. The number of fused-ring (bicyclic) bond motifs is 1. The Labute approximate surface area is 106 Å². The van der Waals surface area contributed by atoms with Gasteiger partial charge in [-0.2, -0.15) is 0 Å². The van der Waals surface area contributed by atoms with E-state index in [0.717, 1.165) is 26.1 Å². The van der Waals surface area contributed by atoms with E-state index in [1.165, 1.54) is 19.4 Å². The first kappa shape index (κ1) is 12.4. The molecule has 1 atom stereocenters. The highest BCUT2D eigenvalue weighted by Gasteiger charge is 2.34. The number of carbonyl (C=O) groups is 1. The summed E-state index contributed by atoms with van der Waals surface area (Å²) in [5.41, 5.74) is 0. The summed E-state index contributed by atoms with van der Waals surface area (Å²) >= 11 is 3.47. The molecule has 2 rings (SSSR count). The fraction of sp³-hybridized carbons (Fsp3) is 0.917. The van der Waals surface area contributed by atoms with Gasteiger partial charge in [-0.05, 0) is 39.7 Å². The van der Waals surface area contributed by atoms with Gasteiger partial charge in [0.1, 0.15) is 0 Å². The van der Waals surface area contributed by atoms with Crippen LogP contribution in [-0.2, 0) is 4.79 Å². The van der Waals surface area contributed by atoms with Gasteiger partial charge in [-0.1, -0.05) is 15.9 Å². The summed E-state index contributed by atoms with van der Waals surface area (Å²) in [6.45, 7) is 8.11. The third kappa shape index (κ3) is 2.59. The predicted molar refractivity (Wildman–Crippen MR) is 68.8 cm³/mol. The SMILES string of the molecule is CC(C)(Br)C(=O)N1CCCN2CCCC2C1. The van der Waals surface area contributed by atoms with Gasteiger partial charge in [-0.25, -0.2) is 0 Å². The number of amides is 1. The van der Waals surface area contributed by atoms with E-state index in [2.05, 4.69) is 20.8 Å². The molecule has 0 aromatic rings. The molecule has 0 bridgehead atoms. The molecule has 2 fully saturated rings. The van der Waals surface area contributed by atoms with E-state index in [4.69, 9.17) is 0 Å². The summed E-state index contributed by atoms with van der Waals surface area (Å²) in [5.74, 6) is 0.237. The van der Waals surface area contributed by atoms with Gasteiger partial charge in [0.2, 0.25) is 5.91 Å². The van der Waals surface area contributed by atoms with E-state index in [9.17, 15) is 4.79 Å². The fourth-order valence-electron chi connectivity index (χ4n) is 2.77. The highest BCUT2D eigenvalue weighted by molar-refractivity contribution is 9.10. The summed E-state index contributed by atoms with van der Waals surface area (Å²) in [6.07, 6.45) is 3.67. The number of halogens is 1. The smallest absolute Gasteiger partial charge is 0.238 e. The van der Waals surface area contributed by atoms with Crippen LogP contribution in [0.4, 0.5) is 0 Å². The zero-order valence-electron chi connectivity index (χ0n) is 10.2. The highest BCUT2D eigenvalue weighted by atomic mass is 79.9. The summed E-state index contributed by atoms with van der Waals surface area (Å²) in [6, 6.07) is 0.612. The number of alkyl halides is 1. The Balaban J connectivity index is 2.03. The molecule has 3 nitrogen and oxygen atoms in total. The number of hydrogen-bond acceptors (Lipinski definition) is 2. The second-order valence-electron chi connectivity index (χ2n) is 5.41. The Morgan fingerprint density at radius 3 is 2.62 bits per heavy atom. The molecule has 0 radical (unpaired) electrons. The average molecular weight is 289 g/mol. The molecule has 0 aliphatic carbocycles. The second-order valence-corrected chi connectivity index (χ2v) is 7.39. The molecule has 2 saturated heterocycles. The topological polar surface area (TPSA) is 23.6 Å². The molecule has 1 amide bonds. The van der Waals surface area contributed by atoms with Crippen LogP contribution >= 0.6 is 15.9 Å². The van der Waals surface area contributed by atoms with Crippen LogP contribution in [0.25, 0.3) is 0 Å². The lowest BCUT2D eigenvalue weighted by Crippen LogP contribution is -2.45. The first-order valence-electron chi connectivity index (χ1n) is 6.21. The molecule has 2 aliphatic rings. The van der Waals surface area contributed by atoms with Gasteiger partial charge in [0.05, 0.1) is 4.32 Å². The summed E-state index contributed by atoms with van der Waals surface area (Å²) in [4.78, 5) is 16.8. The van der Waals surface area contributed by atoms with Gasteiger partial charge in [0, 0.05) is 25.7 Å². The maximum Gasteiger partial charge on any atom is 0.238 e. The van der Waals surface area contributed by atoms with Crippen LogP contribution < -0.4 is 0 Å². The van der Waals surface area contributed by atoms with Crippen molar-refractivity contribution in [1.29, 1.82) is 0 Å². The van der Waals surface area contributed by atoms with Crippen molar-refractivity contribution in [2.45, 2.75) is 43.5 Å². The van der Waals surface area contributed by atoms with Gasteiger partial charge >= 0.3 is 0 Å². The maximum atomic E-state index is 12.2. The summed E-state index contributed by atoms with van der Waals surface area (Å²) in [5, 5.41) is 0. The molecule has 2 aliphatic heterocycles. The van der Waals surface area contributed by atoms with Crippen LogP contribution in [0.3, 0.4) is 0 Å². The standard InChI is InChI=1S/C12H21BrN2O/c1-12(2,13)11(16)15-8-4-7-14-6-3-5-10(14)9-15/h10H,3-9H2,1-2H3. The molecule has 0 aromatic heterocycles. The maximum absolute atomic E-state index is 12.2. The Morgan fingerprint density at radius 1 is 1.25 bits per heavy atom. The molecule has 0 N–H and O–H groups in total. The molecule has 0 spiro atoms. The van der Waals surface area contributed by atoms with Crippen molar-refractivity contribution in [3.8, 4) is 0 Å². The third-order valence-electron chi connectivity index (χ3n) is 3.60. The molecule has 16 heavy (non-hydrogen) atoms. The van der Waals surface area contributed by atoms with Crippen molar-refractivity contribution in [3.05, 3.63) is 0 Å². The third-order valence-corrected chi connectivity index (χ3v) is 3.94. The lowest BCUT2D eigenvalue weighted by molar-refractivity contribution is -0.133. The van der Waals surface area contributed by atoms with Crippen LogP contribution in [0.15, 0.2) is 0 Å². The van der Waals surface area contributed by atoms with Gasteiger partial charge in [0.25, 0.3) is 0 Å². The normalized spacial score (nSPS) is 27.7. The van der Waals surface area contributed by atoms with E-state index in [0.29, 0.717) is 6.04 Å². The van der Waals surface area contributed by atoms with Crippen molar-refractivity contribution in [3.63, 3.8) is 0 Å². The number of carbonyl (C=O) groups excluding carboxylic acids is 1. The van der Waals surface area contributed by atoms with E-state index in [1.807, 2.05) is 18.7 Å². The van der Waals surface area contributed by atoms with Gasteiger partial charge in [-0.15, -0.1) is 0 Å². The van der Waals surface area contributed by atoms with E-state index in [-0.39, 0.29) is 5.91 Å². The minimum absolute atomic E-state index is 0.237. The Hall–Kier alpha value is -0.0900. The molecular weight excluding hydrogens is 268 g/mol. The van der Waals surface area contributed by atoms with Crippen LogP contribution in [0, 0.1) is 0 Å². The molecule has 0 saturated carbocycles. The van der Waals surface area contributed by atoms with E-state index >= 15 is 0 Å². The van der Waals surface area contributed by atoms with Crippen molar-refractivity contribution in [2.75, 3.05) is 26.2 Å². The van der Waals surface area contributed by atoms with Gasteiger partial charge in [0.15, 0.2) is 0 Å². The molecule has 1 unspecified atom stereocenters. The van der Waals surface area contributed by atoms with Crippen LogP contribution in [0.1, 0.15) is 33.1 Å². The summed E-state index contributed by atoms with van der Waals surface area (Å²) < 4.78 is -0.416. The highest BCUT2D eigenvalue weighted by Crippen LogP contribution is 2.25. The Kier molecular flexibility index (Phi) is 3.59. The van der Waals surface area contributed by atoms with E-state index < -0.39 is 4.32 Å². The average Bonchev–Trinajstić information content (AvgIpc) is 2.53. The van der Waals surface area contributed by atoms with Crippen molar-refractivity contribution < 1.29 is 4.79 Å². The number of hydrogen-bond donors (Lipinski definition) is 0. The van der Waals surface area contributed by atoms with Gasteiger partial charge < -0.3 is 4.90 Å². The lowest BCUT2D eigenvalue weighted by atomic mass is 10.1. The molecule has 2 heterocycles. The number of nitrogens with zero attached hydrogens (tertiary/aromatic N) is 2. The molecule has 0 aromatic carbocycles. The first-order valence-corrected chi connectivity index (χ1v) is 7.00. The quantitative estimate of drug-likeness (QED) is 0.688. The molecule has 92 valence electrons. The van der Waals surface area contributed by atoms with Gasteiger partial charge in [-0.3, -0.25) is 9.69 Å². The molecule has 4 heteroatoms. The monoisotopic (exact) mass is 288 g/mol. The van der Waals surface area contributed by atoms with Crippen molar-refractivity contribution >= 4 is 21.8 Å². The molecular formula is C12H21BrN2O. The van der Waals surface area contributed by atoms with E-state index in [1.54, 1.807) is 0 Å². The Morgan fingerprint density at radius 2 is 1.94 bits per heavy atom. The van der Waals surface area contributed by atoms with Crippen LogP contribution in [0.2, 0.25) is 0 Å². The minimum atomic E-state index is -0.416.